The van der Waals surface area contributed by atoms with Gasteiger partial charge in [-0.2, -0.15) is 0 Å². The average Bonchev–Trinajstić information content (AvgIpc) is 2.69. The minimum absolute atomic E-state index is 0.649. The Balaban J connectivity index is 2.20. The minimum atomic E-state index is -0.657. The molecule has 2 heteroatoms. The fraction of sp³-hybridized carbons (Fsp3) is 0.111. The summed E-state index contributed by atoms with van der Waals surface area (Å²) >= 11 is 0. The quantitative estimate of drug-likeness (QED) is 0.610. The van der Waals surface area contributed by atoms with Crippen molar-refractivity contribution in [2.45, 2.75) is 6.29 Å². The Morgan fingerprint density at radius 2 is 1.91 bits per heavy atom. The average molecular weight is 148 g/mol. The van der Waals surface area contributed by atoms with Gasteiger partial charge in [0.05, 0.1) is 0 Å². The highest BCUT2D eigenvalue weighted by molar-refractivity contribution is 5.53. The van der Waals surface area contributed by atoms with E-state index in [9.17, 15) is 0 Å². The van der Waals surface area contributed by atoms with E-state index in [2.05, 4.69) is 0 Å². The van der Waals surface area contributed by atoms with Gasteiger partial charge in [0, 0.05) is 0 Å². The highest BCUT2D eigenvalue weighted by atomic mass is 16.7. The van der Waals surface area contributed by atoms with Crippen LogP contribution in [-0.2, 0) is 4.74 Å². The zero-order chi connectivity index (χ0) is 7.68. The molecule has 1 unspecified atom stereocenters. The lowest BCUT2D eigenvalue weighted by Crippen LogP contribution is -1.73. The number of aliphatic hydroxyl groups is 1. The van der Waals surface area contributed by atoms with Crippen LogP contribution in [0.2, 0.25) is 0 Å². The highest BCUT2D eigenvalue weighted by Crippen LogP contribution is 2.26. The van der Waals surface area contributed by atoms with E-state index in [4.69, 9.17) is 9.84 Å². The molecule has 0 spiro atoms. The van der Waals surface area contributed by atoms with Crippen molar-refractivity contribution in [2.24, 2.45) is 0 Å². The Morgan fingerprint density at radius 1 is 1.27 bits per heavy atom. The van der Waals surface area contributed by atoms with Crippen molar-refractivity contribution in [1.29, 1.82) is 0 Å². The summed E-state index contributed by atoms with van der Waals surface area (Å²) in [5.74, 6) is 0.649. The standard InChI is InChI=1S/C9H8O2/c10-9-8(11-9)6-7-4-2-1-3-5-7/h1-6,9-10H/b8-6-. The number of aliphatic hydroxyl groups excluding tert-OH is 1. The van der Waals surface area contributed by atoms with Crippen LogP contribution in [0.1, 0.15) is 5.56 Å². The Hall–Kier alpha value is -1.28. The Kier molecular flexibility index (Phi) is 1.40. The molecule has 0 saturated carbocycles. The molecule has 2 rings (SSSR count). The number of rotatable bonds is 1. The number of hydrogen-bond donors (Lipinski definition) is 1. The molecule has 1 aliphatic rings. The largest absolute Gasteiger partial charge is 0.455 e. The van der Waals surface area contributed by atoms with E-state index < -0.39 is 6.29 Å². The lowest BCUT2D eigenvalue weighted by Gasteiger charge is -1.86. The van der Waals surface area contributed by atoms with E-state index in [1.807, 2.05) is 36.4 Å². The lowest BCUT2D eigenvalue weighted by molar-refractivity contribution is 0.156. The first-order valence-electron chi connectivity index (χ1n) is 3.47. The molecule has 11 heavy (non-hydrogen) atoms. The Labute approximate surface area is 64.7 Å². The van der Waals surface area contributed by atoms with Crippen molar-refractivity contribution in [3.63, 3.8) is 0 Å². The summed E-state index contributed by atoms with van der Waals surface area (Å²) in [5, 5.41) is 8.80. The van der Waals surface area contributed by atoms with Gasteiger partial charge in [0.15, 0.2) is 5.76 Å². The fourth-order valence-corrected chi connectivity index (χ4v) is 0.914. The summed E-state index contributed by atoms with van der Waals surface area (Å²) in [6, 6.07) is 9.76. The van der Waals surface area contributed by atoms with Crippen molar-refractivity contribution >= 4 is 6.08 Å². The molecular weight excluding hydrogens is 140 g/mol. The number of benzene rings is 1. The van der Waals surface area contributed by atoms with Gasteiger partial charge in [0.2, 0.25) is 0 Å². The van der Waals surface area contributed by atoms with Gasteiger partial charge in [0.25, 0.3) is 6.29 Å². The van der Waals surface area contributed by atoms with Crippen LogP contribution in [0.25, 0.3) is 6.08 Å². The third kappa shape index (κ3) is 1.41. The summed E-state index contributed by atoms with van der Waals surface area (Å²) in [4.78, 5) is 0. The molecule has 0 amide bonds. The molecule has 1 saturated heterocycles. The zero-order valence-electron chi connectivity index (χ0n) is 5.90. The van der Waals surface area contributed by atoms with Crippen LogP contribution in [0.15, 0.2) is 36.1 Å². The van der Waals surface area contributed by atoms with Crippen LogP contribution >= 0.6 is 0 Å². The molecule has 1 atom stereocenters. The summed E-state index contributed by atoms with van der Waals surface area (Å²) in [6.07, 6.45) is 1.17. The van der Waals surface area contributed by atoms with Crippen LogP contribution in [0, 0.1) is 0 Å². The van der Waals surface area contributed by atoms with Crippen molar-refractivity contribution in [1.82, 2.24) is 0 Å². The van der Waals surface area contributed by atoms with Gasteiger partial charge >= 0.3 is 0 Å². The summed E-state index contributed by atoms with van der Waals surface area (Å²) in [7, 11) is 0. The van der Waals surface area contributed by atoms with Gasteiger partial charge in [-0.15, -0.1) is 0 Å². The number of hydrogen-bond acceptors (Lipinski definition) is 2. The first kappa shape index (κ1) is 6.43. The van der Waals surface area contributed by atoms with E-state index >= 15 is 0 Å². The predicted molar refractivity (Wildman–Crippen MR) is 41.5 cm³/mol. The first-order valence-corrected chi connectivity index (χ1v) is 3.47. The Morgan fingerprint density at radius 3 is 2.45 bits per heavy atom. The molecular formula is C9H8O2. The maximum Gasteiger partial charge on any atom is 0.256 e. The van der Waals surface area contributed by atoms with E-state index in [1.165, 1.54) is 0 Å². The summed E-state index contributed by atoms with van der Waals surface area (Å²) < 4.78 is 4.74. The van der Waals surface area contributed by atoms with Crippen LogP contribution in [0.4, 0.5) is 0 Å². The van der Waals surface area contributed by atoms with Crippen LogP contribution < -0.4 is 0 Å². The van der Waals surface area contributed by atoms with Gasteiger partial charge in [-0.3, -0.25) is 0 Å². The number of epoxide rings is 1. The molecule has 0 aliphatic carbocycles. The monoisotopic (exact) mass is 148 g/mol. The molecule has 0 radical (unpaired) electrons. The molecule has 1 aromatic carbocycles. The SMILES string of the molecule is OC1O/C1=C\c1ccccc1. The summed E-state index contributed by atoms with van der Waals surface area (Å²) in [6.45, 7) is 0. The van der Waals surface area contributed by atoms with E-state index in [1.54, 1.807) is 0 Å². The maximum absolute atomic E-state index is 8.80. The lowest BCUT2D eigenvalue weighted by atomic mass is 10.2. The smallest absolute Gasteiger partial charge is 0.256 e. The van der Waals surface area contributed by atoms with Gasteiger partial charge in [-0.1, -0.05) is 30.3 Å². The predicted octanol–water partition coefficient (Wildman–Crippen LogP) is 1.38. The molecule has 0 bridgehead atoms. The minimum Gasteiger partial charge on any atom is -0.455 e. The molecule has 1 heterocycles. The molecule has 1 aromatic rings. The number of ether oxygens (including phenoxy) is 1. The first-order chi connectivity index (χ1) is 5.36. The summed E-state index contributed by atoms with van der Waals surface area (Å²) in [5.41, 5.74) is 1.05. The van der Waals surface area contributed by atoms with Gasteiger partial charge < -0.3 is 9.84 Å². The van der Waals surface area contributed by atoms with Gasteiger partial charge in [-0.05, 0) is 11.6 Å². The molecule has 1 aliphatic heterocycles. The van der Waals surface area contributed by atoms with Crippen molar-refractivity contribution in [3.8, 4) is 0 Å². The molecule has 1 N–H and O–H groups in total. The molecule has 0 aromatic heterocycles. The second kappa shape index (κ2) is 2.40. The van der Waals surface area contributed by atoms with Crippen LogP contribution in [0.5, 0.6) is 0 Å². The van der Waals surface area contributed by atoms with Gasteiger partial charge in [-0.25, -0.2) is 0 Å². The highest BCUT2D eigenvalue weighted by Gasteiger charge is 2.29. The molecule has 56 valence electrons. The zero-order valence-corrected chi connectivity index (χ0v) is 5.90. The van der Waals surface area contributed by atoms with Crippen molar-refractivity contribution < 1.29 is 9.84 Å². The normalized spacial score (nSPS) is 24.8. The second-order valence-electron chi connectivity index (χ2n) is 2.43. The fourth-order valence-electron chi connectivity index (χ4n) is 0.914. The van der Waals surface area contributed by atoms with Crippen molar-refractivity contribution in [2.75, 3.05) is 0 Å². The third-order valence-corrected chi connectivity index (χ3v) is 1.54. The maximum atomic E-state index is 8.80. The van der Waals surface area contributed by atoms with E-state index in [-0.39, 0.29) is 0 Å². The topological polar surface area (TPSA) is 32.8 Å². The molecule has 1 fully saturated rings. The third-order valence-electron chi connectivity index (χ3n) is 1.54. The molecule has 2 nitrogen and oxygen atoms in total. The van der Waals surface area contributed by atoms with E-state index in [0.717, 1.165) is 5.56 Å². The second-order valence-corrected chi connectivity index (χ2v) is 2.43. The van der Waals surface area contributed by atoms with Crippen molar-refractivity contribution in [3.05, 3.63) is 41.7 Å². The van der Waals surface area contributed by atoms with Crippen LogP contribution in [0.3, 0.4) is 0 Å². The van der Waals surface area contributed by atoms with Gasteiger partial charge in [0.1, 0.15) is 0 Å². The van der Waals surface area contributed by atoms with Crippen LogP contribution in [-0.4, -0.2) is 11.4 Å². The van der Waals surface area contributed by atoms with E-state index in [0.29, 0.717) is 5.76 Å². The Bertz CT molecular complexity index is 277.